The summed E-state index contributed by atoms with van der Waals surface area (Å²) in [6.45, 7) is 3.26. The molecule has 1 saturated carbocycles. The predicted octanol–water partition coefficient (Wildman–Crippen LogP) is 1.98. The minimum absolute atomic E-state index is 0.359. The average molecular weight is 247 g/mol. The van der Waals surface area contributed by atoms with Crippen LogP contribution in [0.5, 0.6) is 0 Å². The van der Waals surface area contributed by atoms with E-state index in [9.17, 15) is 8.42 Å². The first-order valence-electron chi connectivity index (χ1n) is 6.42. The molecule has 1 aliphatic carbocycles. The molecule has 1 rings (SSSR count). The zero-order valence-corrected chi connectivity index (χ0v) is 11.4. The fourth-order valence-corrected chi connectivity index (χ4v) is 3.23. The highest BCUT2D eigenvalue weighted by Crippen LogP contribution is 2.27. The Kier molecular flexibility index (Phi) is 5.76. The van der Waals surface area contributed by atoms with E-state index in [1.807, 2.05) is 0 Å². The van der Waals surface area contributed by atoms with Crippen molar-refractivity contribution >= 4 is 9.84 Å². The molecule has 0 radical (unpaired) electrons. The summed E-state index contributed by atoms with van der Waals surface area (Å²) in [5, 5.41) is 3.55. The van der Waals surface area contributed by atoms with Gasteiger partial charge in [0.25, 0.3) is 0 Å². The van der Waals surface area contributed by atoms with E-state index in [0.29, 0.717) is 17.7 Å². The molecule has 0 bridgehead atoms. The summed E-state index contributed by atoms with van der Waals surface area (Å²) in [5.74, 6) is 0.968. The second-order valence-corrected chi connectivity index (χ2v) is 7.36. The summed E-state index contributed by atoms with van der Waals surface area (Å²) in [4.78, 5) is 0. The van der Waals surface area contributed by atoms with Crippen molar-refractivity contribution in [2.24, 2.45) is 5.92 Å². The van der Waals surface area contributed by atoms with Gasteiger partial charge in [-0.1, -0.05) is 19.8 Å². The Morgan fingerprint density at radius 1 is 1.31 bits per heavy atom. The lowest BCUT2D eigenvalue weighted by Crippen LogP contribution is -2.35. The first kappa shape index (κ1) is 14.0. The van der Waals surface area contributed by atoms with Crippen molar-refractivity contribution in [1.82, 2.24) is 5.32 Å². The molecular weight excluding hydrogens is 222 g/mol. The maximum atomic E-state index is 11.1. The standard InChI is InChI=1S/C12H25NO2S/c1-3-8-13-12-6-4-5-11(10-12)7-9-16(2,14)15/h11-13H,3-10H2,1-2H3. The second kappa shape index (κ2) is 6.60. The third-order valence-corrected chi connectivity index (χ3v) is 4.34. The van der Waals surface area contributed by atoms with E-state index in [1.54, 1.807) is 0 Å². The molecule has 0 amide bonds. The van der Waals surface area contributed by atoms with Crippen molar-refractivity contribution in [2.45, 2.75) is 51.5 Å². The molecule has 0 spiro atoms. The van der Waals surface area contributed by atoms with Crippen molar-refractivity contribution in [3.05, 3.63) is 0 Å². The normalized spacial score (nSPS) is 26.9. The van der Waals surface area contributed by atoms with E-state index in [1.165, 1.54) is 31.9 Å². The summed E-state index contributed by atoms with van der Waals surface area (Å²) >= 11 is 0. The summed E-state index contributed by atoms with van der Waals surface area (Å²) in [6, 6.07) is 0.623. The van der Waals surface area contributed by atoms with Gasteiger partial charge in [0.1, 0.15) is 9.84 Å². The molecule has 0 saturated heterocycles. The zero-order valence-electron chi connectivity index (χ0n) is 10.5. The maximum absolute atomic E-state index is 11.1. The lowest BCUT2D eigenvalue weighted by atomic mass is 9.84. The highest BCUT2D eigenvalue weighted by Gasteiger charge is 2.22. The fraction of sp³-hybridized carbons (Fsp3) is 1.00. The quantitative estimate of drug-likeness (QED) is 0.780. The van der Waals surface area contributed by atoms with E-state index in [0.717, 1.165) is 19.4 Å². The van der Waals surface area contributed by atoms with Crippen LogP contribution in [0, 0.1) is 5.92 Å². The van der Waals surface area contributed by atoms with Crippen molar-refractivity contribution in [2.75, 3.05) is 18.6 Å². The molecule has 4 heteroatoms. The number of sulfone groups is 1. The minimum Gasteiger partial charge on any atom is -0.314 e. The third kappa shape index (κ3) is 5.85. The Labute approximate surface area is 99.9 Å². The predicted molar refractivity (Wildman–Crippen MR) is 68.4 cm³/mol. The van der Waals surface area contributed by atoms with Crippen LogP contribution in [0.4, 0.5) is 0 Å². The monoisotopic (exact) mass is 247 g/mol. The molecular formula is C12H25NO2S. The SMILES string of the molecule is CCCNC1CCCC(CCS(C)(=O)=O)C1. The third-order valence-electron chi connectivity index (χ3n) is 3.36. The second-order valence-electron chi connectivity index (χ2n) is 5.10. The van der Waals surface area contributed by atoms with Gasteiger partial charge in [0.15, 0.2) is 0 Å². The highest BCUT2D eigenvalue weighted by molar-refractivity contribution is 7.90. The van der Waals surface area contributed by atoms with E-state index in [-0.39, 0.29) is 0 Å². The molecule has 0 aromatic heterocycles. The van der Waals surface area contributed by atoms with Gasteiger partial charge in [0.05, 0.1) is 5.75 Å². The van der Waals surface area contributed by atoms with E-state index in [2.05, 4.69) is 12.2 Å². The summed E-state index contributed by atoms with van der Waals surface area (Å²) in [7, 11) is -2.78. The maximum Gasteiger partial charge on any atom is 0.147 e. The van der Waals surface area contributed by atoms with Crippen molar-refractivity contribution in [3.63, 3.8) is 0 Å². The van der Waals surface area contributed by atoms with Gasteiger partial charge in [-0.2, -0.15) is 0 Å². The molecule has 0 aliphatic heterocycles. The summed E-state index contributed by atoms with van der Waals surface area (Å²) in [5.41, 5.74) is 0. The van der Waals surface area contributed by atoms with Crippen LogP contribution in [0.2, 0.25) is 0 Å². The lowest BCUT2D eigenvalue weighted by Gasteiger charge is -2.29. The molecule has 2 atom stereocenters. The molecule has 0 aromatic rings. The fourth-order valence-electron chi connectivity index (χ4n) is 2.47. The number of hydrogen-bond donors (Lipinski definition) is 1. The van der Waals surface area contributed by atoms with Gasteiger partial charge in [-0.3, -0.25) is 0 Å². The Hall–Kier alpha value is -0.0900. The number of nitrogens with one attached hydrogen (secondary N) is 1. The van der Waals surface area contributed by atoms with Crippen LogP contribution in [0.3, 0.4) is 0 Å². The Balaban J connectivity index is 2.27. The van der Waals surface area contributed by atoms with Crippen LogP contribution in [-0.4, -0.2) is 33.0 Å². The summed E-state index contributed by atoms with van der Waals surface area (Å²) < 4.78 is 22.2. The van der Waals surface area contributed by atoms with Crippen molar-refractivity contribution < 1.29 is 8.42 Å². The molecule has 0 aromatic carbocycles. The number of hydrogen-bond acceptors (Lipinski definition) is 3. The topological polar surface area (TPSA) is 46.2 Å². The average Bonchev–Trinajstić information content (AvgIpc) is 2.23. The van der Waals surface area contributed by atoms with Gasteiger partial charge in [-0.15, -0.1) is 0 Å². The lowest BCUT2D eigenvalue weighted by molar-refractivity contribution is 0.280. The van der Waals surface area contributed by atoms with E-state index < -0.39 is 9.84 Å². The Morgan fingerprint density at radius 2 is 2.06 bits per heavy atom. The molecule has 96 valence electrons. The van der Waals surface area contributed by atoms with Crippen LogP contribution in [0.15, 0.2) is 0 Å². The van der Waals surface area contributed by atoms with Gasteiger partial charge in [0, 0.05) is 12.3 Å². The van der Waals surface area contributed by atoms with Crippen molar-refractivity contribution in [3.8, 4) is 0 Å². The first-order chi connectivity index (χ1) is 7.51. The molecule has 2 unspecified atom stereocenters. The van der Waals surface area contributed by atoms with Gasteiger partial charge >= 0.3 is 0 Å². The Bertz CT molecular complexity index is 287. The van der Waals surface area contributed by atoms with Gasteiger partial charge in [-0.05, 0) is 38.1 Å². The molecule has 1 aliphatic rings. The summed E-state index contributed by atoms with van der Waals surface area (Å²) in [6.07, 6.45) is 8.23. The van der Waals surface area contributed by atoms with Crippen LogP contribution < -0.4 is 5.32 Å². The van der Waals surface area contributed by atoms with Gasteiger partial charge in [-0.25, -0.2) is 8.42 Å². The van der Waals surface area contributed by atoms with Crippen LogP contribution in [-0.2, 0) is 9.84 Å². The van der Waals surface area contributed by atoms with E-state index >= 15 is 0 Å². The van der Waals surface area contributed by atoms with Crippen LogP contribution in [0.25, 0.3) is 0 Å². The number of rotatable bonds is 6. The van der Waals surface area contributed by atoms with Crippen LogP contribution >= 0.6 is 0 Å². The highest BCUT2D eigenvalue weighted by atomic mass is 32.2. The van der Waals surface area contributed by atoms with Gasteiger partial charge in [0.2, 0.25) is 0 Å². The molecule has 1 fully saturated rings. The molecule has 0 heterocycles. The van der Waals surface area contributed by atoms with E-state index in [4.69, 9.17) is 0 Å². The first-order valence-corrected chi connectivity index (χ1v) is 8.48. The largest absolute Gasteiger partial charge is 0.314 e. The molecule has 1 N–H and O–H groups in total. The van der Waals surface area contributed by atoms with Gasteiger partial charge < -0.3 is 5.32 Å². The minimum atomic E-state index is -2.78. The zero-order chi connectivity index (χ0) is 12.0. The Morgan fingerprint density at radius 3 is 2.69 bits per heavy atom. The van der Waals surface area contributed by atoms with Crippen molar-refractivity contribution in [1.29, 1.82) is 0 Å². The molecule has 16 heavy (non-hydrogen) atoms. The van der Waals surface area contributed by atoms with Crippen LogP contribution in [0.1, 0.15) is 45.4 Å². The smallest absolute Gasteiger partial charge is 0.147 e. The molecule has 3 nitrogen and oxygen atoms in total.